The second-order valence-corrected chi connectivity index (χ2v) is 12.5. The summed E-state index contributed by atoms with van der Waals surface area (Å²) in [4.78, 5) is 35.0. The zero-order chi connectivity index (χ0) is 29.3. The average molecular weight is 604 g/mol. The molecule has 4 atom stereocenters. The number of rotatable bonds is 4. The third kappa shape index (κ3) is 4.37. The lowest BCUT2D eigenvalue weighted by Gasteiger charge is -2.50. The summed E-state index contributed by atoms with van der Waals surface area (Å²) in [6, 6.07) is -0.304. The molecule has 224 valence electrons. The third-order valence-corrected chi connectivity index (χ3v) is 10.1. The highest BCUT2D eigenvalue weighted by Crippen LogP contribution is 2.45. The quantitative estimate of drug-likeness (QED) is 0.463. The Morgan fingerprint density at radius 3 is 2.86 bits per heavy atom. The van der Waals surface area contributed by atoms with E-state index in [2.05, 4.69) is 20.6 Å². The van der Waals surface area contributed by atoms with Crippen LogP contribution in [-0.4, -0.2) is 63.5 Å². The average Bonchev–Trinajstić information content (AvgIpc) is 3.54. The highest BCUT2D eigenvalue weighted by Gasteiger charge is 2.45. The van der Waals surface area contributed by atoms with Gasteiger partial charge in [0.05, 0.1) is 22.9 Å². The van der Waals surface area contributed by atoms with Crippen molar-refractivity contribution in [3.8, 4) is 0 Å². The molecular formula is C28H32F3N7O3S. The Morgan fingerprint density at radius 1 is 1.29 bits per heavy atom. The minimum absolute atomic E-state index is 0.0120. The van der Waals surface area contributed by atoms with Crippen LogP contribution >= 0.6 is 11.3 Å². The van der Waals surface area contributed by atoms with Crippen LogP contribution in [0.25, 0.3) is 11.4 Å². The van der Waals surface area contributed by atoms with Gasteiger partial charge in [-0.3, -0.25) is 14.2 Å². The summed E-state index contributed by atoms with van der Waals surface area (Å²) in [5, 5.41) is 12.2. The molecule has 3 aromatic heterocycles. The van der Waals surface area contributed by atoms with Crippen molar-refractivity contribution < 1.29 is 22.7 Å². The Labute approximate surface area is 243 Å². The Balaban J connectivity index is 1.36. The van der Waals surface area contributed by atoms with Crippen molar-refractivity contribution >= 4 is 39.3 Å². The lowest BCUT2D eigenvalue weighted by atomic mass is 9.83. The van der Waals surface area contributed by atoms with Gasteiger partial charge in [-0.2, -0.15) is 22.7 Å². The predicted octanol–water partition coefficient (Wildman–Crippen LogP) is 4.10. The van der Waals surface area contributed by atoms with Crippen LogP contribution in [0.5, 0.6) is 0 Å². The molecule has 0 bridgehead atoms. The molecular weight excluding hydrogens is 571 g/mol. The van der Waals surface area contributed by atoms with Gasteiger partial charge in [-0.25, -0.2) is 0 Å². The Kier molecular flexibility index (Phi) is 6.70. The highest BCUT2D eigenvalue weighted by molar-refractivity contribution is 7.14. The number of nitrogens with one attached hydrogen (secondary N) is 2. The molecule has 10 nitrogen and oxygen atoms in total. The van der Waals surface area contributed by atoms with Crippen molar-refractivity contribution in [2.75, 3.05) is 36.5 Å². The molecule has 0 radical (unpaired) electrons. The number of anilines is 2. The van der Waals surface area contributed by atoms with Crippen molar-refractivity contribution in [3.05, 3.63) is 44.5 Å². The van der Waals surface area contributed by atoms with Gasteiger partial charge in [-0.05, 0) is 50.2 Å². The minimum Gasteiger partial charge on any atom is -0.377 e. The van der Waals surface area contributed by atoms with Gasteiger partial charge in [0, 0.05) is 43.1 Å². The molecule has 2 N–H and O–H groups in total. The van der Waals surface area contributed by atoms with Gasteiger partial charge < -0.3 is 20.3 Å². The number of carbonyl (C=O) groups excluding carboxylic acids is 1. The third-order valence-electron chi connectivity index (χ3n) is 9.10. The summed E-state index contributed by atoms with van der Waals surface area (Å²) in [7, 11) is 0. The fourth-order valence-electron chi connectivity index (χ4n) is 6.82. The van der Waals surface area contributed by atoms with Gasteiger partial charge in [-0.15, -0.1) is 16.4 Å². The second kappa shape index (κ2) is 10.2. The van der Waals surface area contributed by atoms with Crippen LogP contribution < -0.4 is 21.1 Å². The molecule has 42 heavy (non-hydrogen) atoms. The van der Waals surface area contributed by atoms with Gasteiger partial charge >= 0.3 is 6.18 Å². The molecule has 1 aliphatic carbocycles. The van der Waals surface area contributed by atoms with Crippen LogP contribution in [0.2, 0.25) is 0 Å². The van der Waals surface area contributed by atoms with Gasteiger partial charge in [0.1, 0.15) is 11.7 Å². The van der Waals surface area contributed by atoms with Crippen LogP contribution in [0.3, 0.4) is 0 Å². The Hall–Kier alpha value is -3.23. The molecule has 14 heteroatoms. The number of hydrogen-bond donors (Lipinski definition) is 2. The largest absolute Gasteiger partial charge is 0.417 e. The van der Waals surface area contributed by atoms with E-state index in [4.69, 9.17) is 9.72 Å². The fraction of sp³-hybridized carbons (Fsp3) is 0.571. The number of nitrogens with zero attached hydrogens (tertiary/aromatic N) is 5. The molecule has 7 rings (SSSR count). The standard InChI is InChI=1S/C28H32F3N7O3S/c1-14-12-20(24(39)34-25-15(2)17(13-42-25)28(29,30)31)37-21(14)22(36-9-8-32-18-5-6-19(18)36)26(40)38-27(37)33-23(35-38)16-4-3-10-41-11-7-16/h7,13-14,18-20,32H,3-6,8-12H2,1-2H3,(H,34,39)/t14?,18-,19-,20?/m0/s1. The number of allylic oxidation sites excluding steroid dienone is 1. The van der Waals surface area contributed by atoms with E-state index in [-0.39, 0.29) is 33.9 Å². The molecule has 0 aromatic carbocycles. The minimum atomic E-state index is -4.50. The fourth-order valence-corrected chi connectivity index (χ4v) is 7.82. The van der Waals surface area contributed by atoms with E-state index in [9.17, 15) is 22.8 Å². The number of aromatic nitrogens is 4. The number of alkyl halides is 3. The number of amides is 1. The maximum Gasteiger partial charge on any atom is 0.417 e. The van der Waals surface area contributed by atoms with E-state index in [0.717, 1.165) is 53.8 Å². The first kappa shape index (κ1) is 27.6. The van der Waals surface area contributed by atoms with Gasteiger partial charge in [0.2, 0.25) is 11.7 Å². The first-order valence-electron chi connectivity index (χ1n) is 14.4. The topological polar surface area (TPSA) is 106 Å². The number of fused-ring (bicyclic) bond motifs is 4. The van der Waals surface area contributed by atoms with E-state index in [1.165, 1.54) is 11.4 Å². The zero-order valence-corrected chi connectivity index (χ0v) is 24.1. The van der Waals surface area contributed by atoms with Crippen LogP contribution in [0.1, 0.15) is 73.6 Å². The highest BCUT2D eigenvalue weighted by atomic mass is 32.1. The van der Waals surface area contributed by atoms with Crippen LogP contribution in [0.4, 0.5) is 23.9 Å². The molecule has 4 aliphatic rings. The number of piperazine rings is 1. The predicted molar refractivity (Wildman–Crippen MR) is 152 cm³/mol. The maximum atomic E-state index is 14.2. The van der Waals surface area contributed by atoms with Gasteiger partial charge in [0.15, 0.2) is 5.82 Å². The normalized spacial score (nSPS) is 25.9. The molecule has 1 saturated heterocycles. The van der Waals surface area contributed by atoms with Crippen LogP contribution in [0.15, 0.2) is 16.3 Å². The number of halogens is 3. The lowest BCUT2D eigenvalue weighted by Crippen LogP contribution is -2.64. The van der Waals surface area contributed by atoms with Crippen LogP contribution in [0, 0.1) is 6.92 Å². The van der Waals surface area contributed by atoms with Crippen molar-refractivity contribution in [3.63, 3.8) is 0 Å². The molecule has 2 unspecified atom stereocenters. The zero-order valence-electron chi connectivity index (χ0n) is 23.3. The summed E-state index contributed by atoms with van der Waals surface area (Å²) in [5.74, 6) is 0.0873. The van der Waals surface area contributed by atoms with E-state index in [1.807, 2.05) is 17.6 Å². The summed E-state index contributed by atoms with van der Waals surface area (Å²) in [6.07, 6.45) is 1.31. The summed E-state index contributed by atoms with van der Waals surface area (Å²) in [5.41, 5.74) is 1.13. The molecule has 6 heterocycles. The Morgan fingerprint density at radius 2 is 2.12 bits per heavy atom. The van der Waals surface area contributed by atoms with E-state index >= 15 is 0 Å². The summed E-state index contributed by atoms with van der Waals surface area (Å²) >= 11 is 0.858. The Bertz CT molecular complexity index is 1660. The molecule has 3 aliphatic heterocycles. The number of hydrogen-bond acceptors (Lipinski definition) is 8. The SMILES string of the molecule is Cc1c(C(F)(F)F)csc1NC(=O)C1CC(C)c2c(N3CCN[C@H]4CC[C@@H]43)c(=O)n3nc(C4=CCOCCC4)nc3n21. The summed E-state index contributed by atoms with van der Waals surface area (Å²) < 4.78 is 49.0. The smallest absolute Gasteiger partial charge is 0.377 e. The number of ether oxygens (including phenoxy) is 1. The number of thiophene rings is 1. The van der Waals surface area contributed by atoms with Crippen LogP contribution in [-0.2, 0) is 15.7 Å². The van der Waals surface area contributed by atoms with E-state index in [0.29, 0.717) is 50.2 Å². The monoisotopic (exact) mass is 603 g/mol. The molecule has 1 amide bonds. The molecule has 0 spiro atoms. The molecule has 3 aromatic rings. The molecule has 1 saturated carbocycles. The first-order valence-corrected chi connectivity index (χ1v) is 15.3. The van der Waals surface area contributed by atoms with Gasteiger partial charge in [0.25, 0.3) is 5.56 Å². The number of carbonyl (C=O) groups is 1. The van der Waals surface area contributed by atoms with Crippen molar-refractivity contribution in [2.24, 2.45) is 0 Å². The lowest BCUT2D eigenvalue weighted by molar-refractivity contribution is -0.137. The summed E-state index contributed by atoms with van der Waals surface area (Å²) in [6.45, 7) is 5.79. The molecule has 2 fully saturated rings. The first-order chi connectivity index (χ1) is 20.1. The van der Waals surface area contributed by atoms with Gasteiger partial charge in [-0.1, -0.05) is 13.0 Å². The second-order valence-electron chi connectivity index (χ2n) is 11.6. The maximum absolute atomic E-state index is 14.2. The van der Waals surface area contributed by atoms with Crippen molar-refractivity contribution in [1.82, 2.24) is 24.5 Å². The van der Waals surface area contributed by atoms with E-state index < -0.39 is 23.7 Å². The van der Waals surface area contributed by atoms with Crippen molar-refractivity contribution in [2.45, 2.75) is 76.2 Å². The van der Waals surface area contributed by atoms with Crippen molar-refractivity contribution in [1.29, 1.82) is 0 Å². The van der Waals surface area contributed by atoms with E-state index in [1.54, 1.807) is 0 Å².